The normalized spacial score (nSPS) is 22.8. The Morgan fingerprint density at radius 1 is 1.44 bits per heavy atom. The zero-order valence-electron chi connectivity index (χ0n) is 9.71. The average molecular weight is 283 g/mol. The first-order valence-corrected chi connectivity index (χ1v) is 6.24. The van der Waals surface area contributed by atoms with Gasteiger partial charge in [0.2, 0.25) is 0 Å². The molecule has 0 saturated heterocycles. The minimum atomic E-state index is -0.0814. The van der Waals surface area contributed by atoms with E-state index in [0.717, 1.165) is 23.3 Å². The lowest BCUT2D eigenvalue weighted by atomic mass is 9.72. The molecule has 16 heavy (non-hydrogen) atoms. The molecule has 1 aromatic carbocycles. The van der Waals surface area contributed by atoms with Gasteiger partial charge in [-0.3, -0.25) is 4.79 Å². The van der Waals surface area contributed by atoms with Crippen molar-refractivity contribution in [3.63, 3.8) is 0 Å². The van der Waals surface area contributed by atoms with Crippen molar-refractivity contribution in [1.29, 1.82) is 0 Å². The Balaban J connectivity index is 2.59. The molecular weight excluding hydrogens is 268 g/mol. The van der Waals surface area contributed by atoms with Crippen molar-refractivity contribution in [2.75, 3.05) is 7.11 Å². The largest absolute Gasteiger partial charge is 0.497 e. The molecule has 2 rings (SSSR count). The van der Waals surface area contributed by atoms with Crippen molar-refractivity contribution in [2.45, 2.75) is 30.5 Å². The minimum Gasteiger partial charge on any atom is -0.497 e. The number of ketones is 1. The van der Waals surface area contributed by atoms with Crippen molar-refractivity contribution in [3.8, 4) is 5.75 Å². The summed E-state index contributed by atoms with van der Waals surface area (Å²) < 4.78 is 5.16. The highest BCUT2D eigenvalue weighted by Gasteiger charge is 2.37. The quantitative estimate of drug-likeness (QED) is 0.739. The van der Waals surface area contributed by atoms with Gasteiger partial charge in [-0.15, -0.1) is 0 Å². The van der Waals surface area contributed by atoms with Gasteiger partial charge in [0.15, 0.2) is 5.78 Å². The lowest BCUT2D eigenvalue weighted by Gasteiger charge is -2.34. The molecular formula is C13H15BrO2. The van der Waals surface area contributed by atoms with Crippen molar-refractivity contribution >= 4 is 21.7 Å². The van der Waals surface area contributed by atoms with Crippen molar-refractivity contribution in [2.24, 2.45) is 0 Å². The zero-order valence-corrected chi connectivity index (χ0v) is 11.3. The lowest BCUT2D eigenvalue weighted by Crippen LogP contribution is -2.34. The molecule has 1 aromatic rings. The first kappa shape index (κ1) is 11.6. The Labute approximate surface area is 104 Å². The van der Waals surface area contributed by atoms with Gasteiger partial charge < -0.3 is 4.74 Å². The van der Waals surface area contributed by atoms with Crippen molar-refractivity contribution < 1.29 is 9.53 Å². The molecule has 2 nitrogen and oxygen atoms in total. The van der Waals surface area contributed by atoms with Crippen LogP contribution in [0.25, 0.3) is 0 Å². The molecule has 0 fully saturated rings. The average Bonchev–Trinajstić information content (AvgIpc) is 2.25. The summed E-state index contributed by atoms with van der Waals surface area (Å²) >= 11 is 3.46. The highest BCUT2D eigenvalue weighted by Crippen LogP contribution is 2.40. The number of ether oxygens (including phenoxy) is 1. The maximum absolute atomic E-state index is 12.1. The minimum absolute atomic E-state index is 0.0314. The van der Waals surface area contributed by atoms with Crippen LogP contribution in [-0.4, -0.2) is 17.7 Å². The van der Waals surface area contributed by atoms with E-state index in [1.54, 1.807) is 7.11 Å². The number of Topliss-reactive ketones (excluding diaryl/α,β-unsaturated/α-hetero) is 1. The fourth-order valence-electron chi connectivity index (χ4n) is 2.26. The summed E-state index contributed by atoms with van der Waals surface area (Å²) in [5.41, 5.74) is 1.94. The summed E-state index contributed by atoms with van der Waals surface area (Å²) in [7, 11) is 1.62. The summed E-state index contributed by atoms with van der Waals surface area (Å²) in [6, 6.07) is 5.76. The van der Waals surface area contributed by atoms with Crippen LogP contribution in [0.4, 0.5) is 0 Å². The lowest BCUT2D eigenvalue weighted by molar-refractivity contribution is 0.0967. The summed E-state index contributed by atoms with van der Waals surface area (Å²) in [6.07, 6.45) is 0.838. The second-order valence-corrected chi connectivity index (χ2v) is 5.94. The van der Waals surface area contributed by atoms with Crippen LogP contribution in [0.5, 0.6) is 5.75 Å². The van der Waals surface area contributed by atoms with Crippen LogP contribution in [0.2, 0.25) is 0 Å². The van der Waals surface area contributed by atoms with Crippen LogP contribution in [0.15, 0.2) is 18.2 Å². The molecule has 3 heteroatoms. The van der Waals surface area contributed by atoms with E-state index in [1.807, 2.05) is 18.2 Å². The molecule has 0 radical (unpaired) electrons. The second kappa shape index (κ2) is 3.88. The number of methoxy groups -OCH3 is 1. The highest BCUT2D eigenvalue weighted by molar-refractivity contribution is 9.10. The van der Waals surface area contributed by atoms with E-state index >= 15 is 0 Å². The van der Waals surface area contributed by atoms with Crippen LogP contribution in [0.3, 0.4) is 0 Å². The first-order chi connectivity index (χ1) is 7.45. The van der Waals surface area contributed by atoms with E-state index in [9.17, 15) is 4.79 Å². The van der Waals surface area contributed by atoms with Gasteiger partial charge in [-0.25, -0.2) is 0 Å². The molecule has 0 bridgehead atoms. The zero-order chi connectivity index (χ0) is 11.9. The van der Waals surface area contributed by atoms with Gasteiger partial charge in [0.1, 0.15) is 5.75 Å². The van der Waals surface area contributed by atoms with Crippen LogP contribution >= 0.6 is 15.9 Å². The third kappa shape index (κ3) is 1.77. The third-order valence-corrected chi connectivity index (χ3v) is 3.93. The number of fused-ring (bicyclic) bond motifs is 1. The molecule has 0 spiro atoms. The van der Waals surface area contributed by atoms with Crippen LogP contribution in [0, 0.1) is 0 Å². The topological polar surface area (TPSA) is 26.3 Å². The van der Waals surface area contributed by atoms with E-state index in [2.05, 4.69) is 29.8 Å². The van der Waals surface area contributed by atoms with Gasteiger partial charge in [-0.05, 0) is 29.5 Å². The van der Waals surface area contributed by atoms with E-state index in [4.69, 9.17) is 4.74 Å². The Kier molecular flexibility index (Phi) is 2.82. The van der Waals surface area contributed by atoms with Gasteiger partial charge >= 0.3 is 0 Å². The predicted molar refractivity (Wildman–Crippen MR) is 67.7 cm³/mol. The SMILES string of the molecule is COc1ccc2c(c1)C(=O)C(Br)CC2(C)C. The van der Waals surface area contributed by atoms with Gasteiger partial charge in [-0.2, -0.15) is 0 Å². The van der Waals surface area contributed by atoms with Crippen LogP contribution in [0.1, 0.15) is 36.2 Å². The highest BCUT2D eigenvalue weighted by atomic mass is 79.9. The Morgan fingerprint density at radius 2 is 2.12 bits per heavy atom. The number of benzene rings is 1. The van der Waals surface area contributed by atoms with Crippen molar-refractivity contribution in [3.05, 3.63) is 29.3 Å². The van der Waals surface area contributed by atoms with Gasteiger partial charge in [0, 0.05) is 5.56 Å². The Bertz CT molecular complexity index is 438. The standard InChI is InChI=1S/C13H15BrO2/c1-13(2)7-11(14)12(15)9-6-8(16-3)4-5-10(9)13/h4-6,11H,7H2,1-3H3. The Hall–Kier alpha value is -0.830. The number of hydrogen-bond donors (Lipinski definition) is 0. The van der Waals surface area contributed by atoms with Gasteiger partial charge in [-0.1, -0.05) is 35.8 Å². The third-order valence-electron chi connectivity index (χ3n) is 3.20. The fourth-order valence-corrected chi connectivity index (χ4v) is 3.32. The molecule has 86 valence electrons. The van der Waals surface area contributed by atoms with Gasteiger partial charge in [0.05, 0.1) is 11.9 Å². The molecule has 1 unspecified atom stereocenters. The number of halogens is 1. The fraction of sp³-hybridized carbons (Fsp3) is 0.462. The van der Waals surface area contributed by atoms with Crippen LogP contribution in [-0.2, 0) is 5.41 Å². The van der Waals surface area contributed by atoms with Crippen molar-refractivity contribution in [1.82, 2.24) is 0 Å². The van der Waals surface area contributed by atoms with E-state index in [1.165, 1.54) is 0 Å². The molecule has 0 heterocycles. The number of carbonyl (C=O) groups is 1. The van der Waals surface area contributed by atoms with E-state index in [-0.39, 0.29) is 16.0 Å². The molecule has 1 aliphatic carbocycles. The Morgan fingerprint density at radius 3 is 2.75 bits per heavy atom. The smallest absolute Gasteiger partial charge is 0.176 e. The maximum atomic E-state index is 12.1. The molecule has 0 amide bonds. The number of rotatable bonds is 1. The first-order valence-electron chi connectivity index (χ1n) is 5.32. The van der Waals surface area contributed by atoms with Gasteiger partial charge in [0.25, 0.3) is 0 Å². The summed E-state index contributed by atoms with van der Waals surface area (Å²) in [5, 5.41) is 0. The molecule has 0 aromatic heterocycles. The number of carbonyl (C=O) groups excluding carboxylic acids is 1. The number of alkyl halides is 1. The molecule has 0 N–H and O–H groups in total. The second-order valence-electron chi connectivity index (χ2n) is 4.83. The summed E-state index contributed by atoms with van der Waals surface area (Å²) in [6.45, 7) is 4.33. The summed E-state index contributed by atoms with van der Waals surface area (Å²) in [4.78, 5) is 12.0. The molecule has 0 aliphatic heterocycles. The maximum Gasteiger partial charge on any atom is 0.176 e. The monoisotopic (exact) mass is 282 g/mol. The predicted octanol–water partition coefficient (Wildman–Crippen LogP) is 3.32. The van der Waals surface area contributed by atoms with E-state index < -0.39 is 0 Å². The molecule has 1 aliphatic rings. The molecule has 0 saturated carbocycles. The summed E-state index contributed by atoms with van der Waals surface area (Å²) in [5.74, 6) is 0.901. The van der Waals surface area contributed by atoms with E-state index in [0.29, 0.717) is 0 Å². The molecule has 1 atom stereocenters. The van der Waals surface area contributed by atoms with Crippen LogP contribution < -0.4 is 4.74 Å². The number of hydrogen-bond acceptors (Lipinski definition) is 2.